The first-order valence-corrected chi connectivity index (χ1v) is 14.7. The molecule has 2 aliphatic heterocycles. The van der Waals surface area contributed by atoms with Crippen LogP contribution in [0.4, 0.5) is 0 Å². The third-order valence-corrected chi connectivity index (χ3v) is 10.2. The average Bonchev–Trinajstić information content (AvgIpc) is 2.85. The van der Waals surface area contributed by atoms with Crippen molar-refractivity contribution in [3.8, 4) is 0 Å². The van der Waals surface area contributed by atoms with E-state index >= 15 is 0 Å². The van der Waals surface area contributed by atoms with E-state index in [1.165, 1.54) is 32.9 Å². The van der Waals surface area contributed by atoms with Crippen molar-refractivity contribution in [1.82, 2.24) is 8.61 Å². The Morgan fingerprint density at radius 1 is 0.811 bits per heavy atom. The maximum atomic E-state index is 12.4. The Hall–Kier alpha value is -2.04. The number of piperidine rings is 2. The number of Topliss-reactive ketones (excluding diaryl/α,β-unsaturated/α-hetero) is 1. The van der Waals surface area contributed by atoms with Crippen molar-refractivity contribution >= 4 is 49.0 Å². The molecule has 202 valence electrons. The Morgan fingerprint density at radius 2 is 1.22 bits per heavy atom. The second kappa shape index (κ2) is 12.7. The highest BCUT2D eigenvalue weighted by Crippen LogP contribution is 2.27. The number of benzene rings is 2. The molecule has 0 unspecified atom stereocenters. The lowest BCUT2D eigenvalue weighted by atomic mass is 10.0. The molecule has 0 bridgehead atoms. The monoisotopic (exact) mass is 588 g/mol. The maximum Gasteiger partial charge on any atom is 0.286 e. The zero-order valence-corrected chi connectivity index (χ0v) is 22.5. The van der Waals surface area contributed by atoms with Gasteiger partial charge in [-0.3, -0.25) is 15.4 Å². The summed E-state index contributed by atoms with van der Waals surface area (Å²) >= 11 is 11.6. The second-order valence-corrected chi connectivity index (χ2v) is 13.2. The van der Waals surface area contributed by atoms with Crippen molar-refractivity contribution in [1.29, 1.82) is 0 Å². The summed E-state index contributed by atoms with van der Waals surface area (Å²) in [6, 6.07) is 12.3. The summed E-state index contributed by atoms with van der Waals surface area (Å²) in [6.45, 7) is 8.05. The number of ketones is 1. The normalized spacial score (nSPS) is 18.6. The van der Waals surface area contributed by atoms with E-state index in [-0.39, 0.29) is 49.2 Å². The minimum Gasteiger partial charge on any atom is -0.300 e. The highest BCUT2D eigenvalue weighted by atomic mass is 35.5. The molecule has 2 heterocycles. The molecule has 0 atom stereocenters. The van der Waals surface area contributed by atoms with Crippen LogP contribution in [0.1, 0.15) is 33.1 Å². The molecule has 2 aromatic carbocycles. The number of hydrogen-bond acceptors (Lipinski definition) is 6. The van der Waals surface area contributed by atoms with Gasteiger partial charge in [0.2, 0.25) is 20.0 Å². The summed E-state index contributed by atoms with van der Waals surface area (Å²) in [5.41, 5.74) is 4.90. The van der Waals surface area contributed by atoms with Crippen LogP contribution >= 0.6 is 23.2 Å². The van der Waals surface area contributed by atoms with E-state index in [4.69, 9.17) is 35.5 Å². The van der Waals surface area contributed by atoms with E-state index in [9.17, 15) is 21.6 Å². The zero-order valence-electron chi connectivity index (χ0n) is 19.3. The number of nitrogens with two attached hydrogens (primary N) is 1. The summed E-state index contributed by atoms with van der Waals surface area (Å²) in [5.74, 6) is 0.113. The summed E-state index contributed by atoms with van der Waals surface area (Å²) in [7, 11) is -7.06. The lowest BCUT2D eigenvalue weighted by Gasteiger charge is -2.30. The lowest BCUT2D eigenvalue weighted by Crippen LogP contribution is -2.49. The van der Waals surface area contributed by atoms with Crippen LogP contribution in [0.15, 0.2) is 58.3 Å². The highest BCUT2D eigenvalue weighted by Gasteiger charge is 2.40. The van der Waals surface area contributed by atoms with Crippen molar-refractivity contribution in [2.75, 3.05) is 26.2 Å². The van der Waals surface area contributed by atoms with Gasteiger partial charge in [-0.2, -0.15) is 8.61 Å². The minimum atomic E-state index is -3.55. The number of nitrogens with zero attached hydrogens (tertiary/aromatic N) is 3. The van der Waals surface area contributed by atoms with Gasteiger partial charge in [-0.05, 0) is 36.4 Å². The van der Waals surface area contributed by atoms with Crippen LogP contribution in [0.2, 0.25) is 10.0 Å². The first kappa shape index (κ1) is 31.2. The molecule has 2 N–H and O–H groups in total. The van der Waals surface area contributed by atoms with Crippen molar-refractivity contribution in [3.63, 3.8) is 0 Å². The predicted molar refractivity (Wildman–Crippen MR) is 144 cm³/mol. The number of sulfonamides is 2. The van der Waals surface area contributed by atoms with Gasteiger partial charge in [-0.25, -0.2) is 23.4 Å². The predicted octanol–water partition coefficient (Wildman–Crippen LogP) is 4.03. The van der Waals surface area contributed by atoms with Gasteiger partial charge in [0.1, 0.15) is 5.78 Å². The van der Waals surface area contributed by atoms with Gasteiger partial charge in [-0.1, -0.05) is 42.8 Å². The van der Waals surface area contributed by atoms with E-state index in [0.717, 1.165) is 0 Å². The van der Waals surface area contributed by atoms with Gasteiger partial charge in [0.15, 0.2) is 0 Å². The molecule has 0 amide bonds. The molecule has 0 spiro atoms. The summed E-state index contributed by atoms with van der Waals surface area (Å²) in [6.07, 6.45) is 1.27. The second-order valence-electron chi connectivity index (χ2n) is 8.48. The summed E-state index contributed by atoms with van der Waals surface area (Å²) in [5, 5.41) is 0.770. The molecule has 0 saturated carbocycles. The van der Waals surface area contributed by atoms with Crippen molar-refractivity contribution in [2.45, 2.75) is 48.6 Å². The van der Waals surface area contributed by atoms with Crippen LogP contribution < -0.4 is 5.73 Å². The zero-order chi connectivity index (χ0) is 26.6. The number of hydrogen-bond donors (Lipinski definition) is 1. The molecule has 2 aliphatic rings. The molecular weight excluding hydrogens is 559 g/mol. The van der Waals surface area contributed by atoms with E-state index in [2.05, 4.69) is 4.85 Å². The van der Waals surface area contributed by atoms with E-state index < -0.39 is 25.7 Å². The molecule has 37 heavy (non-hydrogen) atoms. The van der Waals surface area contributed by atoms with Gasteiger partial charge >= 0.3 is 0 Å². The quantitative estimate of drug-likeness (QED) is 0.538. The first-order chi connectivity index (χ1) is 16.9. The number of carbonyl (C=O) groups is 1. The number of carbonyl (C=O) groups excluding carboxylic acids is 1. The third-order valence-electron chi connectivity index (χ3n) is 5.96. The molecule has 0 aromatic heterocycles. The van der Waals surface area contributed by atoms with Crippen molar-refractivity contribution < 1.29 is 21.6 Å². The summed E-state index contributed by atoms with van der Waals surface area (Å²) in [4.78, 5) is 14.8. The fourth-order valence-corrected chi connectivity index (χ4v) is 7.24. The molecular formula is C24H30Cl2N4O5S2. The minimum absolute atomic E-state index is 0. The van der Waals surface area contributed by atoms with E-state index in [0.29, 0.717) is 35.7 Å². The standard InChI is InChI=1S/C12H14ClN3O2S.C11H12ClNO3S.CH4/c1-15-12(14)5-7-16(8-6-12)19(17,18)11-4-2-3-10(13)9-11;12-9-2-1-3-11(8-9)17(15,16)13-6-4-10(14)5-7-13;/h2-4,9H,5-8,14H2;1-3,8H,4-7H2;1H4. The van der Waals surface area contributed by atoms with Gasteiger partial charge < -0.3 is 0 Å². The molecule has 0 aliphatic carbocycles. The van der Waals surface area contributed by atoms with Crippen LogP contribution in [-0.2, 0) is 24.8 Å². The Balaban J connectivity index is 0.000000255. The molecule has 2 saturated heterocycles. The van der Waals surface area contributed by atoms with E-state index in [1.807, 2.05) is 0 Å². The van der Waals surface area contributed by atoms with Gasteiger partial charge in [0, 0.05) is 49.1 Å². The Morgan fingerprint density at radius 3 is 1.59 bits per heavy atom. The topological polar surface area (TPSA) is 122 Å². The van der Waals surface area contributed by atoms with Gasteiger partial charge in [-0.15, -0.1) is 0 Å². The van der Waals surface area contributed by atoms with Gasteiger partial charge in [0.25, 0.3) is 5.66 Å². The van der Waals surface area contributed by atoms with Crippen LogP contribution in [-0.4, -0.2) is 63.1 Å². The molecule has 2 fully saturated rings. The molecule has 2 aromatic rings. The highest BCUT2D eigenvalue weighted by molar-refractivity contribution is 7.89. The average molecular weight is 590 g/mol. The van der Waals surface area contributed by atoms with Crippen LogP contribution in [0.3, 0.4) is 0 Å². The largest absolute Gasteiger partial charge is 0.300 e. The molecule has 13 heteroatoms. The van der Waals surface area contributed by atoms with Crippen LogP contribution in [0.5, 0.6) is 0 Å². The fraction of sp³-hybridized carbons (Fsp3) is 0.417. The Labute approximate surface area is 229 Å². The third kappa shape index (κ3) is 7.74. The maximum absolute atomic E-state index is 12.4. The van der Waals surface area contributed by atoms with Crippen molar-refractivity contribution in [3.05, 3.63) is 70.0 Å². The lowest BCUT2D eigenvalue weighted by molar-refractivity contribution is -0.120. The fourth-order valence-electron chi connectivity index (χ4n) is 3.75. The van der Waals surface area contributed by atoms with Gasteiger partial charge in [0.05, 0.1) is 22.6 Å². The van der Waals surface area contributed by atoms with Crippen LogP contribution in [0, 0.1) is 6.57 Å². The Kier molecular flexibility index (Phi) is 10.7. The molecule has 4 rings (SSSR count). The van der Waals surface area contributed by atoms with E-state index in [1.54, 1.807) is 24.3 Å². The summed E-state index contributed by atoms with van der Waals surface area (Å²) < 4.78 is 51.9. The van der Waals surface area contributed by atoms with Crippen molar-refractivity contribution in [2.24, 2.45) is 5.73 Å². The smallest absolute Gasteiger partial charge is 0.286 e. The number of rotatable bonds is 4. The SMILES string of the molecule is C.O=C1CCN(S(=O)(=O)c2cccc(Cl)c2)CC1.[C-]#[N+]C1(N)CCN(S(=O)(=O)c2cccc(Cl)c2)CC1. The first-order valence-electron chi connectivity index (χ1n) is 11.1. The molecule has 9 nitrogen and oxygen atoms in total. The Bertz CT molecular complexity index is 1360. The van der Waals surface area contributed by atoms with Crippen LogP contribution in [0.25, 0.3) is 4.85 Å². The molecule has 0 radical (unpaired) electrons. The number of halogens is 2.